The number of hydrogen-bond acceptors (Lipinski definition) is 4. The van der Waals surface area contributed by atoms with Gasteiger partial charge in [-0.15, -0.1) is 0 Å². The Balaban J connectivity index is 2.65. The second-order valence-electron chi connectivity index (χ2n) is 3.75. The van der Waals surface area contributed by atoms with Crippen LogP contribution in [0.5, 0.6) is 0 Å². The topological polar surface area (TPSA) is 97.5 Å². The van der Waals surface area contributed by atoms with Crippen LogP contribution in [0.2, 0.25) is 0 Å². The fourth-order valence-electron chi connectivity index (χ4n) is 1.68. The van der Waals surface area contributed by atoms with E-state index in [2.05, 4.69) is 0 Å². The number of hydrogen-bond donors (Lipinski definition) is 2. The van der Waals surface area contributed by atoms with Crippen LogP contribution in [0, 0.1) is 5.92 Å². The highest BCUT2D eigenvalue weighted by molar-refractivity contribution is 7.91. The molecule has 1 rings (SSSR count). The quantitative estimate of drug-likeness (QED) is 0.662. The predicted octanol–water partition coefficient (Wildman–Crippen LogP) is -0.387. The van der Waals surface area contributed by atoms with Gasteiger partial charge in [0, 0.05) is 12.5 Å². The number of nitrogens with two attached hydrogens (primary N) is 1. The van der Waals surface area contributed by atoms with Crippen LogP contribution in [0.1, 0.15) is 19.3 Å². The Morgan fingerprint density at radius 2 is 1.93 bits per heavy atom. The summed E-state index contributed by atoms with van der Waals surface area (Å²) in [4.78, 5) is 10.5. The Morgan fingerprint density at radius 1 is 1.36 bits per heavy atom. The van der Waals surface area contributed by atoms with Crippen molar-refractivity contribution in [2.24, 2.45) is 11.7 Å². The molecule has 1 fully saturated rings. The van der Waals surface area contributed by atoms with Gasteiger partial charge in [0.15, 0.2) is 0 Å². The Morgan fingerprint density at radius 3 is 2.50 bits per heavy atom. The molecule has 0 radical (unpaired) electrons. The molecule has 2 atom stereocenters. The van der Waals surface area contributed by atoms with E-state index in [1.807, 2.05) is 0 Å². The number of rotatable bonds is 2. The fraction of sp³-hybridized carbons (Fsp3) is 0.875. The van der Waals surface area contributed by atoms with Crippen molar-refractivity contribution in [2.45, 2.75) is 25.3 Å². The summed E-state index contributed by atoms with van der Waals surface area (Å²) in [5.74, 6) is -0.960. The van der Waals surface area contributed by atoms with Crippen molar-refractivity contribution in [3.8, 4) is 0 Å². The number of carbonyl (C=O) groups is 1. The molecule has 3 N–H and O–H groups in total. The fourth-order valence-corrected chi connectivity index (χ4v) is 3.17. The van der Waals surface area contributed by atoms with Gasteiger partial charge in [-0.2, -0.15) is 0 Å². The van der Waals surface area contributed by atoms with Crippen molar-refractivity contribution in [3.05, 3.63) is 0 Å². The first kappa shape index (κ1) is 11.5. The lowest BCUT2D eigenvalue weighted by Crippen LogP contribution is -2.31. The Bertz CT molecular complexity index is 311. The Labute approximate surface area is 83.2 Å². The van der Waals surface area contributed by atoms with Crippen molar-refractivity contribution in [1.29, 1.82) is 0 Å². The summed E-state index contributed by atoms with van der Waals surface area (Å²) in [6, 6.07) is -0.302. The minimum Gasteiger partial charge on any atom is -0.481 e. The number of sulfone groups is 1. The molecule has 0 bridgehead atoms. The lowest BCUT2D eigenvalue weighted by Gasteiger charge is -2.17. The van der Waals surface area contributed by atoms with Gasteiger partial charge in [-0.1, -0.05) is 0 Å². The van der Waals surface area contributed by atoms with Gasteiger partial charge < -0.3 is 10.8 Å². The van der Waals surface area contributed by atoms with Crippen molar-refractivity contribution in [3.63, 3.8) is 0 Å². The van der Waals surface area contributed by atoms with Crippen LogP contribution < -0.4 is 5.73 Å². The molecule has 0 amide bonds. The molecular formula is C8H15NO4S. The van der Waals surface area contributed by atoms with E-state index in [4.69, 9.17) is 10.8 Å². The maximum atomic E-state index is 11.2. The highest BCUT2D eigenvalue weighted by atomic mass is 32.2. The van der Waals surface area contributed by atoms with E-state index in [0.717, 1.165) is 0 Å². The normalized spacial score (nSPS) is 32.1. The minimum atomic E-state index is -2.99. The molecule has 1 saturated heterocycles. The third-order valence-electron chi connectivity index (χ3n) is 2.60. The summed E-state index contributed by atoms with van der Waals surface area (Å²) in [6.45, 7) is 0. The monoisotopic (exact) mass is 221 g/mol. The standard InChI is InChI=1S/C8H15NO4S/c9-7-2-4-14(12,13)3-1-6(7)5-8(10)11/h6-7H,1-5,9H2,(H,10,11)/t6-,7+/m1/s1. The molecule has 0 aromatic carbocycles. The molecule has 0 aliphatic carbocycles. The average molecular weight is 221 g/mol. The zero-order valence-corrected chi connectivity index (χ0v) is 8.66. The van der Waals surface area contributed by atoms with E-state index >= 15 is 0 Å². The van der Waals surface area contributed by atoms with Crippen molar-refractivity contribution >= 4 is 15.8 Å². The zero-order valence-electron chi connectivity index (χ0n) is 7.85. The maximum absolute atomic E-state index is 11.2. The molecule has 5 nitrogen and oxygen atoms in total. The Hall–Kier alpha value is -0.620. The molecule has 1 aliphatic rings. The van der Waals surface area contributed by atoms with Gasteiger partial charge in [-0.25, -0.2) is 8.42 Å². The lowest BCUT2D eigenvalue weighted by molar-refractivity contribution is -0.138. The van der Waals surface area contributed by atoms with E-state index in [9.17, 15) is 13.2 Å². The van der Waals surface area contributed by atoms with Crippen LogP contribution in [-0.2, 0) is 14.6 Å². The number of carboxylic acids is 1. The van der Waals surface area contributed by atoms with Crippen LogP contribution in [0.4, 0.5) is 0 Å². The van der Waals surface area contributed by atoms with Crippen molar-refractivity contribution in [2.75, 3.05) is 11.5 Å². The van der Waals surface area contributed by atoms with E-state index in [0.29, 0.717) is 12.8 Å². The molecule has 82 valence electrons. The van der Waals surface area contributed by atoms with Crippen LogP contribution in [-0.4, -0.2) is 37.0 Å². The van der Waals surface area contributed by atoms with Crippen LogP contribution in [0.15, 0.2) is 0 Å². The molecular weight excluding hydrogens is 206 g/mol. The summed E-state index contributed by atoms with van der Waals surface area (Å²) < 4.78 is 22.5. The molecule has 0 saturated carbocycles. The summed E-state index contributed by atoms with van der Waals surface area (Å²) in [5, 5.41) is 8.60. The van der Waals surface area contributed by atoms with E-state index < -0.39 is 15.8 Å². The molecule has 0 aromatic rings. The molecule has 0 aromatic heterocycles. The average Bonchev–Trinajstić information content (AvgIpc) is 2.17. The smallest absolute Gasteiger partial charge is 0.303 e. The van der Waals surface area contributed by atoms with Gasteiger partial charge in [0.1, 0.15) is 9.84 Å². The predicted molar refractivity (Wildman–Crippen MR) is 51.6 cm³/mol. The molecule has 1 heterocycles. The molecule has 0 unspecified atom stereocenters. The zero-order chi connectivity index (χ0) is 10.8. The SMILES string of the molecule is N[C@H]1CCS(=O)(=O)CC[C@@H]1CC(=O)O. The van der Waals surface area contributed by atoms with Gasteiger partial charge in [-0.05, 0) is 18.8 Å². The largest absolute Gasteiger partial charge is 0.481 e. The lowest BCUT2D eigenvalue weighted by atomic mass is 9.92. The highest BCUT2D eigenvalue weighted by Crippen LogP contribution is 2.21. The van der Waals surface area contributed by atoms with Crippen LogP contribution >= 0.6 is 0 Å². The maximum Gasteiger partial charge on any atom is 0.303 e. The third kappa shape index (κ3) is 3.26. The third-order valence-corrected chi connectivity index (χ3v) is 4.32. The van der Waals surface area contributed by atoms with E-state index in [1.54, 1.807) is 0 Å². The van der Waals surface area contributed by atoms with Gasteiger partial charge in [-0.3, -0.25) is 4.79 Å². The summed E-state index contributed by atoms with van der Waals surface area (Å²) in [5.41, 5.74) is 5.72. The second kappa shape index (κ2) is 4.27. The molecule has 6 heteroatoms. The highest BCUT2D eigenvalue weighted by Gasteiger charge is 2.28. The number of carboxylic acid groups (broad SMARTS) is 1. The summed E-state index contributed by atoms with van der Waals surface area (Å²) in [6.07, 6.45) is 0.715. The van der Waals surface area contributed by atoms with E-state index in [-0.39, 0.29) is 29.9 Å². The molecule has 1 aliphatic heterocycles. The summed E-state index contributed by atoms with van der Waals surface area (Å²) >= 11 is 0. The van der Waals surface area contributed by atoms with Crippen LogP contribution in [0.25, 0.3) is 0 Å². The van der Waals surface area contributed by atoms with Gasteiger partial charge in [0.25, 0.3) is 0 Å². The first-order valence-corrected chi connectivity index (χ1v) is 6.40. The van der Waals surface area contributed by atoms with Crippen molar-refractivity contribution < 1.29 is 18.3 Å². The number of aliphatic carboxylic acids is 1. The Kier molecular flexibility index (Phi) is 3.49. The van der Waals surface area contributed by atoms with Crippen molar-refractivity contribution in [1.82, 2.24) is 0 Å². The van der Waals surface area contributed by atoms with Gasteiger partial charge >= 0.3 is 5.97 Å². The molecule has 14 heavy (non-hydrogen) atoms. The van der Waals surface area contributed by atoms with Gasteiger partial charge in [0.05, 0.1) is 11.5 Å². The second-order valence-corrected chi connectivity index (χ2v) is 6.05. The van der Waals surface area contributed by atoms with Crippen LogP contribution in [0.3, 0.4) is 0 Å². The van der Waals surface area contributed by atoms with Gasteiger partial charge in [0.2, 0.25) is 0 Å². The minimum absolute atomic E-state index is 0.0311. The molecule has 0 spiro atoms. The summed E-state index contributed by atoms with van der Waals surface area (Å²) in [7, 11) is -2.99. The first-order chi connectivity index (χ1) is 6.41. The van der Waals surface area contributed by atoms with E-state index in [1.165, 1.54) is 0 Å². The first-order valence-electron chi connectivity index (χ1n) is 4.58.